The number of nitrogens with one attached hydrogen (secondary N) is 5. The number of carbonyl (C=O) groups excluding carboxylic acids is 3. The van der Waals surface area contributed by atoms with Crippen LogP contribution in [0.4, 0.5) is 10.5 Å². The number of rotatable bonds is 9. The van der Waals surface area contributed by atoms with E-state index < -0.39 is 5.54 Å². The number of hydrogen-bond acceptors (Lipinski definition) is 7. The molecular weight excluding hydrogens is 556 g/mol. The number of likely N-dealkylation sites (tertiary alicyclic amines) is 1. The molecule has 5 N–H and O–H groups in total. The van der Waals surface area contributed by atoms with Gasteiger partial charge in [0.25, 0.3) is 5.91 Å². The maximum absolute atomic E-state index is 13.7. The Hall–Kier alpha value is -4.19. The summed E-state index contributed by atoms with van der Waals surface area (Å²) < 4.78 is 0. The van der Waals surface area contributed by atoms with E-state index >= 15 is 0 Å². The average molecular weight is 601 g/mol. The molecule has 1 fully saturated rings. The SMILES string of the molecule is C=CC(=O)Nc1ccc(C(=O)N2CCCC(NC3NNC4=C3CN(C(=O)N[C@H](CN(C)C)c3ccccc3)C4(C)C)C2)cc1. The Balaban J connectivity index is 1.21. The fourth-order valence-electron chi connectivity index (χ4n) is 6.26. The number of likely N-dealkylation sites (N-methyl/N-ethyl adjacent to an activating group) is 1. The highest BCUT2D eigenvalue weighted by atomic mass is 16.2. The summed E-state index contributed by atoms with van der Waals surface area (Å²) in [6.07, 6.45) is 2.87. The van der Waals surface area contributed by atoms with Gasteiger partial charge < -0.3 is 30.8 Å². The molecule has 4 amide bonds. The second-order valence-electron chi connectivity index (χ2n) is 12.5. The third kappa shape index (κ3) is 6.80. The van der Waals surface area contributed by atoms with Crippen molar-refractivity contribution >= 4 is 23.5 Å². The van der Waals surface area contributed by atoms with E-state index in [1.807, 2.05) is 54.2 Å². The Morgan fingerprint density at radius 1 is 1.11 bits per heavy atom. The smallest absolute Gasteiger partial charge is 0.318 e. The van der Waals surface area contributed by atoms with Gasteiger partial charge >= 0.3 is 6.03 Å². The Labute approximate surface area is 259 Å². The van der Waals surface area contributed by atoms with Gasteiger partial charge in [-0.2, -0.15) is 0 Å². The number of hydrazine groups is 1. The fraction of sp³-hybridized carbons (Fsp3) is 0.424. The number of piperidine rings is 1. The molecule has 3 heterocycles. The minimum absolute atomic E-state index is 0.0361. The zero-order valence-corrected chi connectivity index (χ0v) is 26.0. The van der Waals surface area contributed by atoms with Crippen LogP contribution < -0.4 is 26.8 Å². The van der Waals surface area contributed by atoms with Crippen LogP contribution >= 0.6 is 0 Å². The van der Waals surface area contributed by atoms with Gasteiger partial charge in [0.15, 0.2) is 0 Å². The van der Waals surface area contributed by atoms with Gasteiger partial charge in [0.2, 0.25) is 5.91 Å². The molecule has 3 aliphatic rings. The number of hydrogen-bond donors (Lipinski definition) is 5. The Bertz CT molecular complexity index is 1410. The van der Waals surface area contributed by atoms with Crippen LogP contribution in [0.3, 0.4) is 0 Å². The molecule has 3 atom stereocenters. The molecule has 2 unspecified atom stereocenters. The van der Waals surface area contributed by atoms with Crippen molar-refractivity contribution in [1.29, 1.82) is 0 Å². The lowest BCUT2D eigenvalue weighted by atomic mass is 9.99. The highest BCUT2D eigenvalue weighted by molar-refractivity contribution is 5.99. The molecule has 0 aromatic heterocycles. The summed E-state index contributed by atoms with van der Waals surface area (Å²) in [5.41, 5.74) is 10.6. The maximum atomic E-state index is 13.7. The second kappa shape index (κ2) is 13.2. The van der Waals surface area contributed by atoms with E-state index in [1.54, 1.807) is 24.3 Å². The van der Waals surface area contributed by atoms with Crippen LogP contribution in [0.25, 0.3) is 0 Å². The van der Waals surface area contributed by atoms with E-state index in [1.165, 1.54) is 6.08 Å². The van der Waals surface area contributed by atoms with Crippen LogP contribution in [0, 0.1) is 0 Å². The zero-order valence-electron chi connectivity index (χ0n) is 26.0. The fourth-order valence-corrected chi connectivity index (χ4v) is 6.26. The van der Waals surface area contributed by atoms with E-state index in [0.29, 0.717) is 37.4 Å². The predicted molar refractivity (Wildman–Crippen MR) is 171 cm³/mol. The standard InChI is InChI=1S/C33H44N8O3/c1-6-28(42)34-24-16-14-23(15-17-24)31(43)40-18-10-13-25(19-40)35-30-26-20-41(33(2,3)29(26)37-38-30)32(44)36-27(21-39(4)5)22-11-8-7-9-12-22/h6-9,11-12,14-17,25,27,30,35,37-38H,1,10,13,18-21H2,2-5H3,(H,34,42)(H,36,44)/t25?,27-,30?/m1/s1. The predicted octanol–water partition coefficient (Wildman–Crippen LogP) is 2.80. The maximum Gasteiger partial charge on any atom is 0.318 e. The number of nitrogens with zero attached hydrogens (tertiary/aromatic N) is 3. The molecule has 0 aliphatic carbocycles. The average Bonchev–Trinajstić information content (AvgIpc) is 3.54. The molecule has 3 aliphatic heterocycles. The van der Waals surface area contributed by atoms with Crippen molar-refractivity contribution in [3.05, 3.63) is 89.6 Å². The van der Waals surface area contributed by atoms with Gasteiger partial charge in [-0.3, -0.25) is 14.9 Å². The number of anilines is 1. The van der Waals surface area contributed by atoms with E-state index in [9.17, 15) is 14.4 Å². The lowest BCUT2D eigenvalue weighted by Crippen LogP contribution is -2.58. The Morgan fingerprint density at radius 2 is 1.84 bits per heavy atom. The molecule has 5 rings (SSSR count). The summed E-state index contributed by atoms with van der Waals surface area (Å²) >= 11 is 0. The van der Waals surface area contributed by atoms with Gasteiger partial charge in [-0.05, 0) is 76.7 Å². The third-order valence-electron chi connectivity index (χ3n) is 8.61. The molecule has 0 spiro atoms. The molecule has 0 radical (unpaired) electrons. The van der Waals surface area contributed by atoms with Crippen LogP contribution in [0.2, 0.25) is 0 Å². The number of benzene rings is 2. The van der Waals surface area contributed by atoms with Crippen molar-refractivity contribution in [3.8, 4) is 0 Å². The van der Waals surface area contributed by atoms with Crippen LogP contribution in [-0.2, 0) is 4.79 Å². The van der Waals surface area contributed by atoms with E-state index in [4.69, 9.17) is 0 Å². The summed E-state index contributed by atoms with van der Waals surface area (Å²) in [4.78, 5) is 44.5. The third-order valence-corrected chi connectivity index (χ3v) is 8.61. The first-order chi connectivity index (χ1) is 21.1. The van der Waals surface area contributed by atoms with Crippen molar-refractivity contribution in [3.63, 3.8) is 0 Å². The Kier molecular flexibility index (Phi) is 9.38. The van der Waals surface area contributed by atoms with Crippen molar-refractivity contribution in [2.24, 2.45) is 0 Å². The van der Waals surface area contributed by atoms with Gasteiger partial charge in [0.05, 0.1) is 17.3 Å². The molecule has 0 bridgehead atoms. The van der Waals surface area contributed by atoms with Crippen LogP contribution in [0.1, 0.15) is 48.7 Å². The monoisotopic (exact) mass is 600 g/mol. The van der Waals surface area contributed by atoms with Gasteiger partial charge in [-0.25, -0.2) is 10.2 Å². The molecule has 2 aromatic rings. The van der Waals surface area contributed by atoms with Crippen molar-refractivity contribution in [2.45, 2.75) is 50.5 Å². The topological polar surface area (TPSA) is 121 Å². The Morgan fingerprint density at radius 3 is 2.52 bits per heavy atom. The molecule has 2 aromatic carbocycles. The van der Waals surface area contributed by atoms with Crippen LogP contribution in [-0.4, -0.2) is 90.6 Å². The summed E-state index contributed by atoms with van der Waals surface area (Å²) in [7, 11) is 4.01. The van der Waals surface area contributed by atoms with Crippen molar-refractivity contribution < 1.29 is 14.4 Å². The van der Waals surface area contributed by atoms with Crippen molar-refractivity contribution in [2.75, 3.05) is 45.6 Å². The molecule has 1 saturated heterocycles. The molecular formula is C33H44N8O3. The van der Waals surface area contributed by atoms with E-state index in [2.05, 4.69) is 52.1 Å². The second-order valence-corrected chi connectivity index (χ2v) is 12.5. The molecule has 11 nitrogen and oxygen atoms in total. The lowest BCUT2D eigenvalue weighted by molar-refractivity contribution is -0.111. The normalized spacial score (nSPS) is 21.5. The van der Waals surface area contributed by atoms with Gasteiger partial charge in [0, 0.05) is 49.0 Å². The molecule has 0 saturated carbocycles. The number of amides is 4. The number of carbonyl (C=O) groups is 3. The first kappa shape index (κ1) is 31.2. The first-order valence-electron chi connectivity index (χ1n) is 15.2. The molecule has 44 heavy (non-hydrogen) atoms. The van der Waals surface area contributed by atoms with Crippen LogP contribution in [0.15, 0.2) is 78.5 Å². The van der Waals surface area contributed by atoms with E-state index in [0.717, 1.165) is 29.7 Å². The summed E-state index contributed by atoms with van der Waals surface area (Å²) in [5, 5.41) is 9.69. The van der Waals surface area contributed by atoms with Gasteiger partial charge in [-0.15, -0.1) is 0 Å². The quantitative estimate of drug-likeness (QED) is 0.281. The van der Waals surface area contributed by atoms with Gasteiger partial charge in [-0.1, -0.05) is 36.9 Å². The largest absolute Gasteiger partial charge is 0.337 e. The zero-order chi connectivity index (χ0) is 31.4. The highest BCUT2D eigenvalue weighted by Crippen LogP contribution is 2.36. The van der Waals surface area contributed by atoms with Gasteiger partial charge in [0.1, 0.15) is 6.17 Å². The summed E-state index contributed by atoms with van der Waals surface area (Å²) in [5.74, 6) is -0.330. The summed E-state index contributed by atoms with van der Waals surface area (Å²) in [6.45, 7) is 10.0. The first-order valence-corrected chi connectivity index (χ1v) is 15.2. The highest BCUT2D eigenvalue weighted by Gasteiger charge is 2.48. The summed E-state index contributed by atoms with van der Waals surface area (Å²) in [6, 6.07) is 16.8. The number of urea groups is 1. The molecule has 234 valence electrons. The van der Waals surface area contributed by atoms with Crippen molar-refractivity contribution in [1.82, 2.24) is 36.2 Å². The lowest BCUT2D eigenvalue weighted by Gasteiger charge is -2.37. The molecule has 11 heteroatoms. The minimum Gasteiger partial charge on any atom is -0.337 e. The van der Waals surface area contributed by atoms with Crippen LogP contribution in [0.5, 0.6) is 0 Å². The minimum atomic E-state index is -0.534. The van der Waals surface area contributed by atoms with E-state index in [-0.39, 0.29) is 36.1 Å².